The molecule has 2 aliphatic carbocycles. The number of rotatable bonds is 8. The van der Waals surface area contributed by atoms with E-state index < -0.39 is 54.7 Å². The molecule has 0 heterocycles. The van der Waals surface area contributed by atoms with Gasteiger partial charge in [0.15, 0.2) is 0 Å². The second-order valence-electron chi connectivity index (χ2n) is 9.55. The Morgan fingerprint density at radius 2 is 1.86 bits per heavy atom. The summed E-state index contributed by atoms with van der Waals surface area (Å²) in [4.78, 5) is 40.2. The van der Waals surface area contributed by atoms with Gasteiger partial charge in [-0.25, -0.2) is 18.0 Å². The second kappa shape index (κ2) is 11.2. The summed E-state index contributed by atoms with van der Waals surface area (Å²) in [6.07, 6.45) is 1.29. The molecule has 2 atom stereocenters. The van der Waals surface area contributed by atoms with Crippen molar-refractivity contribution in [3.05, 3.63) is 65.5 Å². The molecule has 3 amide bonds. The van der Waals surface area contributed by atoms with E-state index in [2.05, 4.69) is 15.4 Å². The molecular formula is C27H30F3N3O4. The molecule has 0 aromatic heterocycles. The van der Waals surface area contributed by atoms with Crippen LogP contribution in [0.15, 0.2) is 48.5 Å². The summed E-state index contributed by atoms with van der Waals surface area (Å²) in [6.45, 7) is -0.528. The van der Waals surface area contributed by atoms with Crippen LogP contribution in [0.2, 0.25) is 0 Å². The lowest BCUT2D eigenvalue weighted by atomic mass is 9.77. The van der Waals surface area contributed by atoms with Gasteiger partial charge in [-0.1, -0.05) is 36.8 Å². The maximum atomic E-state index is 14.3. The third kappa shape index (κ3) is 6.23. The van der Waals surface area contributed by atoms with Gasteiger partial charge >= 0.3 is 6.09 Å². The fourth-order valence-electron chi connectivity index (χ4n) is 4.97. The number of alkyl carbamates (subject to hydrolysis) is 1. The van der Waals surface area contributed by atoms with Crippen LogP contribution in [0.4, 0.5) is 23.7 Å². The van der Waals surface area contributed by atoms with E-state index in [4.69, 9.17) is 0 Å². The molecule has 0 bridgehead atoms. The third-order valence-electron chi connectivity index (χ3n) is 7.02. The minimum atomic E-state index is -2.88. The molecule has 0 spiro atoms. The Bertz CT molecular complexity index is 1160. The first-order chi connectivity index (χ1) is 17.7. The number of benzene rings is 2. The zero-order valence-electron chi connectivity index (χ0n) is 20.5. The van der Waals surface area contributed by atoms with Crippen molar-refractivity contribution in [2.24, 2.45) is 0 Å². The number of anilines is 1. The lowest BCUT2D eigenvalue weighted by Crippen LogP contribution is -2.49. The first-order valence-corrected chi connectivity index (χ1v) is 12.3. The average Bonchev–Trinajstić information content (AvgIpc) is 3.17. The van der Waals surface area contributed by atoms with Gasteiger partial charge in [0.25, 0.3) is 0 Å². The van der Waals surface area contributed by atoms with E-state index in [0.717, 1.165) is 42.9 Å². The summed E-state index contributed by atoms with van der Waals surface area (Å²) in [5.41, 5.74) is 1.50. The van der Waals surface area contributed by atoms with Gasteiger partial charge in [0.2, 0.25) is 17.7 Å². The van der Waals surface area contributed by atoms with Gasteiger partial charge < -0.3 is 15.4 Å². The van der Waals surface area contributed by atoms with E-state index in [1.165, 1.54) is 18.2 Å². The topological polar surface area (TPSA) is 87.7 Å². The molecule has 0 unspecified atom stereocenters. The van der Waals surface area contributed by atoms with Crippen LogP contribution in [0.25, 0.3) is 0 Å². The fraction of sp³-hybridized carbons (Fsp3) is 0.444. The van der Waals surface area contributed by atoms with Gasteiger partial charge in [-0.15, -0.1) is 0 Å². The molecule has 2 fully saturated rings. The number of carbonyl (C=O) groups is 3. The first-order valence-electron chi connectivity index (χ1n) is 12.3. The molecule has 10 heteroatoms. The SMILES string of the molecule is COC(=O)NCC(=O)N(c1cccc(F)c1)[C@H](C(=O)N[C@H]1CCC(F)(F)C1)c1ccccc1C1CCC1. The highest BCUT2D eigenvalue weighted by molar-refractivity contribution is 6.03. The van der Waals surface area contributed by atoms with E-state index >= 15 is 0 Å². The van der Waals surface area contributed by atoms with Crippen LogP contribution in [0.1, 0.15) is 61.6 Å². The van der Waals surface area contributed by atoms with Crippen molar-refractivity contribution < 1.29 is 32.3 Å². The van der Waals surface area contributed by atoms with Gasteiger partial charge in [0, 0.05) is 24.6 Å². The normalized spacial score (nSPS) is 19.4. The van der Waals surface area contributed by atoms with E-state index in [0.29, 0.717) is 5.56 Å². The summed E-state index contributed by atoms with van der Waals surface area (Å²) >= 11 is 0. The van der Waals surface area contributed by atoms with Crippen LogP contribution < -0.4 is 15.5 Å². The van der Waals surface area contributed by atoms with Gasteiger partial charge in [-0.05, 0) is 54.5 Å². The van der Waals surface area contributed by atoms with E-state index in [-0.39, 0.29) is 24.4 Å². The zero-order valence-corrected chi connectivity index (χ0v) is 20.5. The molecule has 0 saturated heterocycles. The lowest BCUT2D eigenvalue weighted by molar-refractivity contribution is -0.127. The minimum Gasteiger partial charge on any atom is -0.453 e. The molecule has 0 radical (unpaired) electrons. The average molecular weight is 518 g/mol. The molecule has 2 aromatic carbocycles. The number of halogens is 3. The predicted molar refractivity (Wildman–Crippen MR) is 131 cm³/mol. The van der Waals surface area contributed by atoms with Crippen LogP contribution in [-0.4, -0.2) is 43.5 Å². The number of carbonyl (C=O) groups excluding carboxylic acids is 3. The summed E-state index contributed by atoms with van der Waals surface area (Å²) in [5, 5.41) is 5.02. The molecule has 2 aromatic rings. The Kier molecular flexibility index (Phi) is 8.04. The van der Waals surface area contributed by atoms with Crippen LogP contribution in [0.5, 0.6) is 0 Å². The van der Waals surface area contributed by atoms with Crippen molar-refractivity contribution in [3.63, 3.8) is 0 Å². The largest absolute Gasteiger partial charge is 0.453 e. The van der Waals surface area contributed by atoms with Crippen LogP contribution in [0, 0.1) is 5.82 Å². The summed E-state index contributed by atoms with van der Waals surface area (Å²) in [5.74, 6) is -4.67. The molecule has 2 saturated carbocycles. The Hall–Kier alpha value is -3.56. The third-order valence-corrected chi connectivity index (χ3v) is 7.02. The molecule has 2 aliphatic rings. The number of nitrogens with one attached hydrogen (secondary N) is 2. The van der Waals surface area contributed by atoms with Crippen molar-refractivity contribution in [3.8, 4) is 0 Å². The van der Waals surface area contributed by atoms with Crippen LogP contribution >= 0.6 is 0 Å². The van der Waals surface area contributed by atoms with Crippen LogP contribution in [0.3, 0.4) is 0 Å². The van der Waals surface area contributed by atoms with Crippen molar-refractivity contribution in [1.82, 2.24) is 10.6 Å². The summed E-state index contributed by atoms with van der Waals surface area (Å²) < 4.78 is 46.6. The molecule has 0 aliphatic heterocycles. The standard InChI is InChI=1S/C27H30F3N3O4/c1-37-26(36)31-16-23(34)33(20-9-5-8-18(28)14-20)24(25(35)32-19-12-13-27(29,30)15-19)22-11-3-2-10-21(22)17-6-4-7-17/h2-3,5,8-11,14,17,19,24H,4,6-7,12-13,15-16H2,1H3,(H,31,36)(H,32,35)/t19-,24-/m0/s1. The number of ether oxygens (including phenoxy) is 1. The Morgan fingerprint density at radius 3 is 2.49 bits per heavy atom. The number of alkyl halides is 2. The van der Waals surface area contributed by atoms with Gasteiger partial charge in [0.05, 0.1) is 7.11 Å². The molecular weight excluding hydrogens is 487 g/mol. The number of amides is 3. The molecule has 4 rings (SSSR count). The number of nitrogens with zero attached hydrogens (tertiary/aromatic N) is 1. The summed E-state index contributed by atoms with van der Waals surface area (Å²) in [6, 6.07) is 10.4. The molecule has 37 heavy (non-hydrogen) atoms. The summed E-state index contributed by atoms with van der Waals surface area (Å²) in [7, 11) is 1.15. The van der Waals surface area contributed by atoms with Crippen molar-refractivity contribution in [2.45, 2.75) is 62.4 Å². The maximum Gasteiger partial charge on any atom is 0.407 e. The fourth-order valence-corrected chi connectivity index (χ4v) is 4.97. The Morgan fingerprint density at radius 1 is 1.11 bits per heavy atom. The molecule has 198 valence electrons. The number of methoxy groups -OCH3 is 1. The highest BCUT2D eigenvalue weighted by atomic mass is 19.3. The minimum absolute atomic E-state index is 0.0944. The predicted octanol–water partition coefficient (Wildman–Crippen LogP) is 4.83. The second-order valence-corrected chi connectivity index (χ2v) is 9.55. The lowest BCUT2D eigenvalue weighted by Gasteiger charge is -2.36. The quantitative estimate of drug-likeness (QED) is 0.525. The number of hydrogen-bond donors (Lipinski definition) is 2. The van der Waals surface area contributed by atoms with E-state index in [1.54, 1.807) is 12.1 Å². The van der Waals surface area contributed by atoms with E-state index in [9.17, 15) is 27.6 Å². The van der Waals surface area contributed by atoms with Gasteiger partial charge in [-0.2, -0.15) is 0 Å². The highest BCUT2D eigenvalue weighted by Gasteiger charge is 2.42. The smallest absolute Gasteiger partial charge is 0.407 e. The number of hydrogen-bond acceptors (Lipinski definition) is 4. The monoisotopic (exact) mass is 517 g/mol. The Labute approximate surface area is 213 Å². The van der Waals surface area contributed by atoms with Crippen LogP contribution in [-0.2, 0) is 14.3 Å². The van der Waals surface area contributed by atoms with Gasteiger partial charge in [-0.3, -0.25) is 14.5 Å². The first kappa shape index (κ1) is 26.5. The molecule has 7 nitrogen and oxygen atoms in total. The van der Waals surface area contributed by atoms with Crippen molar-refractivity contribution in [2.75, 3.05) is 18.6 Å². The van der Waals surface area contributed by atoms with Crippen molar-refractivity contribution in [1.29, 1.82) is 0 Å². The molecule has 2 N–H and O–H groups in total. The van der Waals surface area contributed by atoms with Crippen molar-refractivity contribution >= 4 is 23.6 Å². The Balaban J connectivity index is 1.77. The maximum absolute atomic E-state index is 14.3. The van der Waals surface area contributed by atoms with Gasteiger partial charge in [0.1, 0.15) is 18.4 Å². The highest BCUT2D eigenvalue weighted by Crippen LogP contribution is 2.42. The van der Waals surface area contributed by atoms with E-state index in [1.807, 2.05) is 12.1 Å². The zero-order chi connectivity index (χ0) is 26.6.